The van der Waals surface area contributed by atoms with Crippen molar-refractivity contribution in [2.24, 2.45) is 5.92 Å². The highest BCUT2D eigenvalue weighted by atomic mass is 16.5. The van der Waals surface area contributed by atoms with Crippen LogP contribution in [0.2, 0.25) is 0 Å². The van der Waals surface area contributed by atoms with Crippen LogP contribution >= 0.6 is 0 Å². The molecule has 2 heterocycles. The molecule has 126 valence electrons. The fraction of sp³-hybridized carbons (Fsp3) is 0.400. The van der Waals surface area contributed by atoms with Gasteiger partial charge < -0.3 is 10.1 Å². The van der Waals surface area contributed by atoms with Crippen LogP contribution in [0.1, 0.15) is 35.7 Å². The molecule has 0 saturated carbocycles. The third-order valence-corrected chi connectivity index (χ3v) is 4.45. The summed E-state index contributed by atoms with van der Waals surface area (Å²) in [4.78, 5) is 17.1. The summed E-state index contributed by atoms with van der Waals surface area (Å²) in [5, 5.41) is 3.18. The molecule has 4 heteroatoms. The lowest BCUT2D eigenvalue weighted by atomic mass is 9.98. The average Bonchev–Trinajstić information content (AvgIpc) is 2.64. The van der Waals surface area contributed by atoms with Crippen LogP contribution in [0.25, 0.3) is 0 Å². The maximum Gasteiger partial charge on any atom is 0.225 e. The Morgan fingerprint density at radius 1 is 1.29 bits per heavy atom. The molecule has 0 unspecified atom stereocenters. The van der Waals surface area contributed by atoms with Crippen molar-refractivity contribution < 1.29 is 9.53 Å². The monoisotopic (exact) mass is 324 g/mol. The second kappa shape index (κ2) is 8.06. The van der Waals surface area contributed by atoms with Crippen LogP contribution in [-0.4, -0.2) is 24.1 Å². The van der Waals surface area contributed by atoms with Crippen molar-refractivity contribution in [2.75, 3.05) is 13.2 Å². The molecule has 0 spiro atoms. The van der Waals surface area contributed by atoms with E-state index in [9.17, 15) is 4.79 Å². The molecule has 0 radical (unpaired) electrons. The number of nitrogens with zero attached hydrogens (tertiary/aromatic N) is 1. The average molecular weight is 324 g/mol. The van der Waals surface area contributed by atoms with E-state index in [-0.39, 0.29) is 17.9 Å². The lowest BCUT2D eigenvalue weighted by Gasteiger charge is -2.25. The largest absolute Gasteiger partial charge is 0.381 e. The number of carbonyl (C=O) groups excluding carboxylic acids is 1. The van der Waals surface area contributed by atoms with E-state index < -0.39 is 0 Å². The van der Waals surface area contributed by atoms with Gasteiger partial charge in [-0.2, -0.15) is 0 Å². The standard InChI is InChI=1S/C20H24N2O2/c1-15-7-9-16(10-8-15)13-19(18-6-2-3-11-21-18)22-20(23)17-5-4-12-24-14-17/h2-3,6-11,17,19H,4-5,12-14H2,1H3,(H,22,23)/t17-,19+/m0/s1. The topological polar surface area (TPSA) is 51.2 Å². The highest BCUT2D eigenvalue weighted by Gasteiger charge is 2.25. The Bertz CT molecular complexity index is 649. The molecular weight excluding hydrogens is 300 g/mol. The summed E-state index contributed by atoms with van der Waals surface area (Å²) in [5.74, 6) is 0.0143. The molecule has 2 atom stereocenters. The highest BCUT2D eigenvalue weighted by Crippen LogP contribution is 2.20. The maximum absolute atomic E-state index is 12.6. The van der Waals surface area contributed by atoms with Gasteiger partial charge in [0, 0.05) is 12.8 Å². The van der Waals surface area contributed by atoms with Gasteiger partial charge in [0.1, 0.15) is 0 Å². The third-order valence-electron chi connectivity index (χ3n) is 4.45. The van der Waals surface area contributed by atoms with Gasteiger partial charge in [-0.3, -0.25) is 9.78 Å². The van der Waals surface area contributed by atoms with Gasteiger partial charge in [0.15, 0.2) is 0 Å². The van der Waals surface area contributed by atoms with Crippen LogP contribution in [0.15, 0.2) is 48.7 Å². The minimum Gasteiger partial charge on any atom is -0.381 e. The maximum atomic E-state index is 12.6. The fourth-order valence-electron chi connectivity index (χ4n) is 3.01. The van der Waals surface area contributed by atoms with Gasteiger partial charge in [-0.1, -0.05) is 35.9 Å². The minimum absolute atomic E-state index is 0.0528. The minimum atomic E-state index is -0.122. The second-order valence-corrected chi connectivity index (χ2v) is 6.42. The normalized spacial score (nSPS) is 18.8. The van der Waals surface area contributed by atoms with Crippen LogP contribution in [0.4, 0.5) is 0 Å². The van der Waals surface area contributed by atoms with Gasteiger partial charge >= 0.3 is 0 Å². The lowest BCUT2D eigenvalue weighted by Crippen LogP contribution is -2.38. The summed E-state index contributed by atoms with van der Waals surface area (Å²) < 4.78 is 5.45. The Morgan fingerprint density at radius 3 is 2.79 bits per heavy atom. The molecule has 2 aromatic rings. The van der Waals surface area contributed by atoms with Crippen molar-refractivity contribution in [3.05, 3.63) is 65.5 Å². The van der Waals surface area contributed by atoms with E-state index >= 15 is 0 Å². The van der Waals surface area contributed by atoms with Crippen molar-refractivity contribution in [2.45, 2.75) is 32.2 Å². The number of ether oxygens (including phenoxy) is 1. The Morgan fingerprint density at radius 2 is 2.12 bits per heavy atom. The Labute approximate surface area is 143 Å². The first kappa shape index (κ1) is 16.7. The van der Waals surface area contributed by atoms with Crippen molar-refractivity contribution in [3.8, 4) is 0 Å². The van der Waals surface area contributed by atoms with Crippen LogP contribution in [0.5, 0.6) is 0 Å². The lowest BCUT2D eigenvalue weighted by molar-refractivity contribution is -0.129. The first-order valence-corrected chi connectivity index (χ1v) is 8.57. The van der Waals surface area contributed by atoms with Crippen LogP contribution in [0, 0.1) is 12.8 Å². The van der Waals surface area contributed by atoms with Crippen LogP contribution in [-0.2, 0) is 16.0 Å². The molecule has 1 saturated heterocycles. The van der Waals surface area contributed by atoms with E-state index in [2.05, 4.69) is 41.5 Å². The van der Waals surface area contributed by atoms with Gasteiger partial charge in [0.2, 0.25) is 5.91 Å². The zero-order chi connectivity index (χ0) is 16.8. The summed E-state index contributed by atoms with van der Waals surface area (Å²) in [6, 6.07) is 14.1. The number of carbonyl (C=O) groups is 1. The van der Waals surface area contributed by atoms with Crippen molar-refractivity contribution in [1.29, 1.82) is 0 Å². The van der Waals surface area contributed by atoms with Gasteiger partial charge in [0.25, 0.3) is 0 Å². The fourth-order valence-corrected chi connectivity index (χ4v) is 3.01. The van der Waals surface area contributed by atoms with Gasteiger partial charge in [-0.05, 0) is 43.9 Å². The summed E-state index contributed by atoms with van der Waals surface area (Å²) in [6.45, 7) is 3.35. The first-order valence-electron chi connectivity index (χ1n) is 8.57. The number of rotatable bonds is 5. The molecule has 1 aliphatic heterocycles. The molecule has 1 N–H and O–H groups in total. The van der Waals surface area contributed by atoms with Crippen molar-refractivity contribution >= 4 is 5.91 Å². The number of aromatic nitrogens is 1. The summed E-state index contributed by atoms with van der Waals surface area (Å²) in [5.41, 5.74) is 3.32. The molecular formula is C20H24N2O2. The van der Waals surface area contributed by atoms with E-state index in [4.69, 9.17) is 4.74 Å². The smallest absolute Gasteiger partial charge is 0.225 e. The van der Waals surface area contributed by atoms with Crippen molar-refractivity contribution in [3.63, 3.8) is 0 Å². The summed E-state index contributed by atoms with van der Waals surface area (Å²) in [7, 11) is 0. The van der Waals surface area contributed by atoms with E-state index in [1.807, 2.05) is 18.2 Å². The molecule has 1 aromatic carbocycles. The number of hydrogen-bond acceptors (Lipinski definition) is 3. The molecule has 0 bridgehead atoms. The second-order valence-electron chi connectivity index (χ2n) is 6.42. The van der Waals surface area contributed by atoms with E-state index in [1.165, 1.54) is 11.1 Å². The Kier molecular flexibility index (Phi) is 5.59. The van der Waals surface area contributed by atoms with Gasteiger partial charge in [0.05, 0.1) is 24.3 Å². The van der Waals surface area contributed by atoms with Gasteiger partial charge in [-0.15, -0.1) is 0 Å². The molecule has 0 aliphatic carbocycles. The number of amides is 1. The Hall–Kier alpha value is -2.20. The predicted octanol–water partition coefficient (Wildman–Crippen LogP) is 3.22. The Balaban J connectivity index is 1.74. The van der Waals surface area contributed by atoms with E-state index in [0.29, 0.717) is 6.61 Å². The van der Waals surface area contributed by atoms with Gasteiger partial charge in [-0.25, -0.2) is 0 Å². The molecule has 1 aromatic heterocycles. The predicted molar refractivity (Wildman–Crippen MR) is 93.5 cm³/mol. The van der Waals surface area contributed by atoms with E-state index in [1.54, 1.807) is 6.20 Å². The number of nitrogens with one attached hydrogen (secondary N) is 1. The van der Waals surface area contributed by atoms with E-state index in [0.717, 1.165) is 31.6 Å². The number of hydrogen-bond donors (Lipinski definition) is 1. The zero-order valence-electron chi connectivity index (χ0n) is 14.1. The molecule has 1 fully saturated rings. The molecule has 4 nitrogen and oxygen atoms in total. The molecule has 3 rings (SSSR count). The highest BCUT2D eigenvalue weighted by molar-refractivity contribution is 5.79. The quantitative estimate of drug-likeness (QED) is 0.919. The van der Waals surface area contributed by atoms with Crippen LogP contribution in [0.3, 0.4) is 0 Å². The first-order chi connectivity index (χ1) is 11.7. The third kappa shape index (κ3) is 4.42. The number of benzene rings is 1. The zero-order valence-corrected chi connectivity index (χ0v) is 14.1. The molecule has 1 aliphatic rings. The summed E-state index contributed by atoms with van der Waals surface area (Å²) >= 11 is 0. The van der Waals surface area contributed by atoms with Crippen molar-refractivity contribution in [1.82, 2.24) is 10.3 Å². The summed E-state index contributed by atoms with van der Waals surface area (Å²) in [6.07, 6.45) is 4.35. The number of aryl methyl sites for hydroxylation is 1. The SMILES string of the molecule is Cc1ccc(C[C@@H](NC(=O)[C@H]2CCCOC2)c2ccccn2)cc1. The number of pyridine rings is 1. The molecule has 24 heavy (non-hydrogen) atoms. The van der Waals surface area contributed by atoms with Crippen LogP contribution < -0.4 is 5.32 Å². The molecule has 1 amide bonds.